The minimum atomic E-state index is -1.28. The predicted octanol–water partition coefficient (Wildman–Crippen LogP) is 2.57. The van der Waals surface area contributed by atoms with E-state index in [1.54, 1.807) is 0 Å². The molecule has 1 rings (SSSR count). The molecule has 1 aromatic rings. The summed E-state index contributed by atoms with van der Waals surface area (Å²) in [6.07, 6.45) is 1.52. The summed E-state index contributed by atoms with van der Waals surface area (Å²) in [6.45, 7) is 4.42. The van der Waals surface area contributed by atoms with Crippen LogP contribution in [0.1, 0.15) is 33.1 Å². The van der Waals surface area contributed by atoms with Gasteiger partial charge in [0.05, 0.1) is 4.92 Å². The summed E-state index contributed by atoms with van der Waals surface area (Å²) in [7, 11) is 0. The maximum atomic E-state index is 11.3. The van der Waals surface area contributed by atoms with Crippen molar-refractivity contribution in [3.63, 3.8) is 0 Å². The number of non-ortho nitro benzene ring substituents is 1. The largest absolute Gasteiger partial charge is 0.530 e. The number of carboxylic acid groups (broad SMARTS) is 1. The third-order valence-electron chi connectivity index (χ3n) is 3.31. The average molecular weight is 279 g/mol. The predicted molar refractivity (Wildman–Crippen MR) is 74.5 cm³/mol. The minimum absolute atomic E-state index is 0.0624. The van der Waals surface area contributed by atoms with Gasteiger partial charge in [0.2, 0.25) is 0 Å². The topological polar surface area (TPSA) is 86.5 Å². The highest BCUT2D eigenvalue weighted by atomic mass is 16.6. The van der Waals surface area contributed by atoms with E-state index < -0.39 is 11.0 Å². The molecular weight excluding hydrogens is 260 g/mol. The lowest BCUT2D eigenvalue weighted by Crippen LogP contribution is -2.44. The van der Waals surface area contributed by atoms with Crippen LogP contribution in [0.25, 0.3) is 0 Å². The van der Waals surface area contributed by atoms with Gasteiger partial charge in [0.1, 0.15) is 6.09 Å². The Kier molecular flexibility index (Phi) is 5.96. The molecule has 0 N–H and O–H groups in total. The molecule has 20 heavy (non-hydrogen) atoms. The molecule has 0 saturated heterocycles. The summed E-state index contributed by atoms with van der Waals surface area (Å²) in [6, 6.07) is 5.47. The molecule has 0 saturated carbocycles. The van der Waals surface area contributed by atoms with Crippen molar-refractivity contribution in [3.8, 4) is 0 Å². The Bertz CT molecular complexity index is 459. The molecule has 110 valence electrons. The van der Waals surface area contributed by atoms with E-state index in [1.165, 1.54) is 24.3 Å². The van der Waals surface area contributed by atoms with Crippen LogP contribution in [0, 0.1) is 16.0 Å². The molecule has 0 heterocycles. The van der Waals surface area contributed by atoms with Crippen LogP contribution < -0.4 is 10.0 Å². The fourth-order valence-electron chi connectivity index (χ4n) is 2.13. The van der Waals surface area contributed by atoms with Crippen LogP contribution in [0.2, 0.25) is 0 Å². The molecule has 0 radical (unpaired) electrons. The Morgan fingerprint density at radius 3 is 2.30 bits per heavy atom. The van der Waals surface area contributed by atoms with E-state index in [0.717, 1.165) is 24.2 Å². The molecular formula is C14H19N2O4-. The second-order valence-corrected chi connectivity index (χ2v) is 4.71. The van der Waals surface area contributed by atoms with Crippen LogP contribution >= 0.6 is 0 Å². The lowest BCUT2D eigenvalue weighted by Gasteiger charge is -2.29. The van der Waals surface area contributed by atoms with E-state index in [0.29, 0.717) is 12.2 Å². The van der Waals surface area contributed by atoms with Gasteiger partial charge in [-0.1, -0.05) is 26.7 Å². The summed E-state index contributed by atoms with van der Waals surface area (Å²) in [5, 5.41) is 21.8. The number of benzene rings is 1. The summed E-state index contributed by atoms with van der Waals surface area (Å²) in [4.78, 5) is 22.5. The quantitative estimate of drug-likeness (QED) is 0.567. The Morgan fingerprint density at radius 2 is 1.90 bits per heavy atom. The van der Waals surface area contributed by atoms with Crippen molar-refractivity contribution in [1.29, 1.82) is 0 Å². The van der Waals surface area contributed by atoms with Gasteiger partial charge in [-0.05, 0) is 24.5 Å². The van der Waals surface area contributed by atoms with Gasteiger partial charge in [-0.3, -0.25) is 10.1 Å². The van der Waals surface area contributed by atoms with E-state index >= 15 is 0 Å². The zero-order chi connectivity index (χ0) is 15.1. The monoisotopic (exact) mass is 279 g/mol. The van der Waals surface area contributed by atoms with Crippen LogP contribution in [0.15, 0.2) is 24.3 Å². The normalized spacial score (nSPS) is 11.9. The zero-order valence-electron chi connectivity index (χ0n) is 11.7. The first-order valence-corrected chi connectivity index (χ1v) is 6.72. The second-order valence-electron chi connectivity index (χ2n) is 4.71. The molecule has 6 nitrogen and oxygen atoms in total. The van der Waals surface area contributed by atoms with Crippen molar-refractivity contribution in [2.45, 2.75) is 33.1 Å². The number of hydrogen-bond donors (Lipinski definition) is 0. The van der Waals surface area contributed by atoms with Crippen molar-refractivity contribution in [2.24, 2.45) is 5.92 Å². The maximum absolute atomic E-state index is 11.3. The maximum Gasteiger partial charge on any atom is 0.269 e. The first kappa shape index (κ1) is 15.9. The number of hydrogen-bond acceptors (Lipinski definition) is 4. The van der Waals surface area contributed by atoms with Gasteiger partial charge in [-0.25, -0.2) is 0 Å². The number of amides is 1. The van der Waals surface area contributed by atoms with Crippen LogP contribution in [0.4, 0.5) is 16.2 Å². The lowest BCUT2D eigenvalue weighted by atomic mass is 10.00. The molecule has 0 fully saturated rings. The molecule has 0 aromatic heterocycles. The molecule has 1 aromatic carbocycles. The Hall–Kier alpha value is -2.11. The van der Waals surface area contributed by atoms with Gasteiger partial charge in [0, 0.05) is 24.4 Å². The van der Waals surface area contributed by atoms with Crippen molar-refractivity contribution in [3.05, 3.63) is 34.4 Å². The first-order valence-electron chi connectivity index (χ1n) is 6.72. The summed E-state index contributed by atoms with van der Waals surface area (Å²) < 4.78 is 0. The number of nitrogens with zero attached hydrogens (tertiary/aromatic N) is 2. The highest BCUT2D eigenvalue weighted by Crippen LogP contribution is 2.22. The van der Waals surface area contributed by atoms with Gasteiger partial charge >= 0.3 is 0 Å². The molecule has 0 spiro atoms. The van der Waals surface area contributed by atoms with Crippen molar-refractivity contribution in [1.82, 2.24) is 0 Å². The van der Waals surface area contributed by atoms with Gasteiger partial charge in [-0.15, -0.1) is 0 Å². The fraction of sp³-hybridized carbons (Fsp3) is 0.500. The molecule has 0 aliphatic carbocycles. The highest BCUT2D eigenvalue weighted by molar-refractivity contribution is 5.84. The lowest BCUT2D eigenvalue weighted by molar-refractivity contribution is -0.384. The molecule has 0 bridgehead atoms. The van der Waals surface area contributed by atoms with Crippen LogP contribution in [-0.2, 0) is 0 Å². The van der Waals surface area contributed by atoms with Gasteiger partial charge in [-0.2, -0.15) is 0 Å². The number of nitro groups is 1. The summed E-state index contributed by atoms with van der Waals surface area (Å²) in [5.41, 5.74) is 0.345. The van der Waals surface area contributed by atoms with Crippen molar-refractivity contribution >= 4 is 17.5 Å². The van der Waals surface area contributed by atoms with Crippen LogP contribution in [-0.4, -0.2) is 17.6 Å². The molecule has 1 amide bonds. The van der Waals surface area contributed by atoms with E-state index in [4.69, 9.17) is 0 Å². The molecule has 1 atom stereocenters. The smallest absolute Gasteiger partial charge is 0.269 e. The third-order valence-corrected chi connectivity index (χ3v) is 3.31. The summed E-state index contributed by atoms with van der Waals surface area (Å²) in [5.74, 6) is 0.257. The Balaban J connectivity index is 2.90. The second kappa shape index (κ2) is 7.47. The SMILES string of the molecule is CCCC(CC)CN(C(=O)[O-])c1ccc([N+](=O)[O-])cc1. The van der Waals surface area contributed by atoms with Gasteiger partial charge in [0.25, 0.3) is 5.69 Å². The van der Waals surface area contributed by atoms with E-state index in [1.807, 2.05) is 6.92 Å². The number of rotatable bonds is 7. The van der Waals surface area contributed by atoms with E-state index in [2.05, 4.69) is 6.92 Å². The summed E-state index contributed by atoms with van der Waals surface area (Å²) >= 11 is 0. The fourth-order valence-corrected chi connectivity index (χ4v) is 2.13. The number of anilines is 1. The van der Waals surface area contributed by atoms with Crippen molar-refractivity contribution < 1.29 is 14.8 Å². The number of nitro benzene ring substituents is 1. The van der Waals surface area contributed by atoms with E-state index in [9.17, 15) is 20.0 Å². The average Bonchev–Trinajstić information content (AvgIpc) is 2.43. The number of carbonyl (C=O) groups excluding carboxylic acids is 1. The van der Waals surface area contributed by atoms with Gasteiger partial charge in [0.15, 0.2) is 0 Å². The van der Waals surface area contributed by atoms with Crippen LogP contribution in [0.5, 0.6) is 0 Å². The first-order chi connectivity index (χ1) is 9.49. The van der Waals surface area contributed by atoms with E-state index in [-0.39, 0.29) is 11.6 Å². The minimum Gasteiger partial charge on any atom is -0.530 e. The van der Waals surface area contributed by atoms with Crippen molar-refractivity contribution in [2.75, 3.05) is 11.4 Å². The molecule has 0 aliphatic heterocycles. The third kappa shape index (κ3) is 4.22. The zero-order valence-corrected chi connectivity index (χ0v) is 11.7. The molecule has 0 aliphatic rings. The Morgan fingerprint density at radius 1 is 1.30 bits per heavy atom. The standard InChI is InChI=1S/C14H20N2O4/c1-3-5-11(4-2)10-15(14(17)18)12-6-8-13(9-7-12)16(19)20/h6-9,11H,3-5,10H2,1-2H3,(H,17,18)/p-1. The number of carbonyl (C=O) groups is 1. The Labute approximate surface area is 118 Å². The van der Waals surface area contributed by atoms with Gasteiger partial charge < -0.3 is 14.8 Å². The molecule has 6 heteroatoms. The highest BCUT2D eigenvalue weighted by Gasteiger charge is 2.15. The van der Waals surface area contributed by atoms with Crippen LogP contribution in [0.3, 0.4) is 0 Å². The molecule has 1 unspecified atom stereocenters.